The Kier molecular flexibility index (Phi) is 14.9. The quantitative estimate of drug-likeness (QED) is 0.0862. The molecule has 0 aliphatic carbocycles. The summed E-state index contributed by atoms with van der Waals surface area (Å²) in [5, 5.41) is 11.1. The highest BCUT2D eigenvalue weighted by Gasteiger charge is 2.26. The number of amides is 4. The fraction of sp³-hybridized carbons (Fsp3) is 0.417. The predicted octanol–water partition coefficient (Wildman–Crippen LogP) is 5.60. The number of aromatic nitrogens is 1. The van der Waals surface area contributed by atoms with Crippen molar-refractivity contribution in [3.8, 4) is 0 Å². The van der Waals surface area contributed by atoms with E-state index in [0.717, 1.165) is 0 Å². The third-order valence-electron chi connectivity index (χ3n) is 6.83. The zero-order valence-corrected chi connectivity index (χ0v) is 30.5. The van der Waals surface area contributed by atoms with Gasteiger partial charge in [-0.1, -0.05) is 12.1 Å². The first kappa shape index (κ1) is 41.1. The van der Waals surface area contributed by atoms with Gasteiger partial charge in [-0.05, 0) is 109 Å². The smallest absolute Gasteiger partial charge is 0.407 e. The molecule has 1 unspecified atom stereocenters. The minimum atomic E-state index is -0.886. The summed E-state index contributed by atoms with van der Waals surface area (Å²) in [6.07, 6.45) is 2.47. The Labute approximate surface area is 299 Å². The third kappa shape index (κ3) is 14.2. The van der Waals surface area contributed by atoms with Crippen LogP contribution in [-0.2, 0) is 32.5 Å². The Morgan fingerprint density at radius 3 is 2.10 bits per heavy atom. The van der Waals surface area contributed by atoms with E-state index in [1.165, 1.54) is 0 Å². The van der Waals surface area contributed by atoms with Crippen LogP contribution in [0, 0.1) is 0 Å². The summed E-state index contributed by atoms with van der Waals surface area (Å²) in [4.78, 5) is 63.7. The summed E-state index contributed by atoms with van der Waals surface area (Å²) in [7, 11) is 1.69. The van der Waals surface area contributed by atoms with Crippen molar-refractivity contribution in [3.63, 3.8) is 0 Å². The lowest BCUT2D eigenvalue weighted by Gasteiger charge is -2.25. The molecule has 0 saturated carbocycles. The van der Waals surface area contributed by atoms with Gasteiger partial charge in [-0.3, -0.25) is 14.4 Å². The fourth-order valence-electron chi connectivity index (χ4n) is 4.68. The number of alkyl carbamates (subject to hydrolysis) is 1. The number of unbranched alkanes of at least 4 members (excludes halogenated alkanes) is 1. The van der Waals surface area contributed by atoms with Crippen LogP contribution < -0.4 is 27.0 Å². The number of esters is 1. The number of ether oxygens (including phenoxy) is 2. The highest BCUT2D eigenvalue weighted by atomic mass is 35.5. The van der Waals surface area contributed by atoms with Crippen LogP contribution >= 0.6 is 12.4 Å². The molecule has 13 nitrogen and oxygen atoms in total. The molecule has 3 aromatic rings. The molecule has 3 rings (SSSR count). The SMILES string of the molecule is Cl.Cn1cc(NC(=O)c2ccc(N)cc2)cc1C(=O)Nc1cccc(CC(=O)NC(CCCCNC(=O)OC(C)(C)C)C(=O)OC(C)(C)C)c1. The van der Waals surface area contributed by atoms with Crippen LogP contribution in [0.15, 0.2) is 60.8 Å². The highest BCUT2D eigenvalue weighted by molar-refractivity contribution is 6.07. The minimum absolute atomic E-state index is 0. The van der Waals surface area contributed by atoms with Crippen LogP contribution in [0.25, 0.3) is 0 Å². The van der Waals surface area contributed by atoms with Crippen molar-refractivity contribution in [1.29, 1.82) is 0 Å². The lowest BCUT2D eigenvalue weighted by molar-refractivity contribution is -0.158. The Morgan fingerprint density at radius 1 is 0.820 bits per heavy atom. The maximum Gasteiger partial charge on any atom is 0.407 e. The van der Waals surface area contributed by atoms with Gasteiger partial charge in [0.25, 0.3) is 11.8 Å². The number of nitrogens with one attached hydrogen (secondary N) is 4. The number of aryl methyl sites for hydroxylation is 1. The van der Waals surface area contributed by atoms with E-state index in [1.54, 1.807) is 114 Å². The second kappa shape index (κ2) is 18.1. The molecule has 0 saturated heterocycles. The van der Waals surface area contributed by atoms with Crippen molar-refractivity contribution in [2.24, 2.45) is 7.05 Å². The Bertz CT molecular complexity index is 1640. The highest BCUT2D eigenvalue weighted by Crippen LogP contribution is 2.19. The van der Waals surface area contributed by atoms with Crippen LogP contribution in [0.4, 0.5) is 21.9 Å². The van der Waals surface area contributed by atoms with E-state index in [0.29, 0.717) is 59.7 Å². The topological polar surface area (TPSA) is 183 Å². The number of benzene rings is 2. The largest absolute Gasteiger partial charge is 0.458 e. The van der Waals surface area contributed by atoms with Gasteiger partial charge in [0.05, 0.1) is 12.1 Å². The van der Waals surface area contributed by atoms with Gasteiger partial charge in [0.1, 0.15) is 22.9 Å². The van der Waals surface area contributed by atoms with E-state index >= 15 is 0 Å². The maximum atomic E-state index is 13.1. The number of rotatable bonds is 13. The number of anilines is 3. The Morgan fingerprint density at radius 2 is 1.46 bits per heavy atom. The molecular formula is C36H49ClN6O7. The van der Waals surface area contributed by atoms with Crippen LogP contribution in [0.2, 0.25) is 0 Å². The average Bonchev–Trinajstić information content (AvgIpc) is 3.34. The fourth-order valence-corrected chi connectivity index (χ4v) is 4.68. The lowest BCUT2D eigenvalue weighted by atomic mass is 10.1. The number of halogens is 1. The molecule has 0 bridgehead atoms. The number of carbonyl (C=O) groups is 5. The summed E-state index contributed by atoms with van der Waals surface area (Å²) in [5.74, 6) is -1.69. The van der Waals surface area contributed by atoms with Crippen molar-refractivity contribution in [2.75, 3.05) is 22.9 Å². The van der Waals surface area contributed by atoms with Crippen molar-refractivity contribution >= 4 is 59.3 Å². The van der Waals surface area contributed by atoms with E-state index in [9.17, 15) is 24.0 Å². The third-order valence-corrected chi connectivity index (χ3v) is 6.83. The molecule has 1 aromatic heterocycles. The molecule has 0 aliphatic heterocycles. The molecule has 1 heterocycles. The number of carbonyl (C=O) groups excluding carboxylic acids is 5. The van der Waals surface area contributed by atoms with E-state index in [1.807, 2.05) is 0 Å². The summed E-state index contributed by atoms with van der Waals surface area (Å²) >= 11 is 0. The van der Waals surface area contributed by atoms with Crippen LogP contribution in [0.1, 0.15) is 87.2 Å². The number of nitrogens with zero attached hydrogens (tertiary/aromatic N) is 1. The minimum Gasteiger partial charge on any atom is -0.458 e. The maximum absolute atomic E-state index is 13.1. The molecule has 0 aliphatic rings. The summed E-state index contributed by atoms with van der Waals surface area (Å²) < 4.78 is 12.4. The molecular weight excluding hydrogens is 664 g/mol. The molecule has 1 atom stereocenters. The first-order chi connectivity index (χ1) is 22.9. The van der Waals surface area contributed by atoms with Gasteiger partial charge in [-0.15, -0.1) is 12.4 Å². The van der Waals surface area contributed by atoms with E-state index in [4.69, 9.17) is 15.2 Å². The van der Waals surface area contributed by atoms with Crippen molar-refractivity contribution in [1.82, 2.24) is 15.2 Å². The normalized spacial score (nSPS) is 11.7. The molecule has 14 heteroatoms. The van der Waals surface area contributed by atoms with E-state index in [2.05, 4.69) is 21.3 Å². The van der Waals surface area contributed by atoms with Crippen LogP contribution in [0.5, 0.6) is 0 Å². The number of hydrogen-bond acceptors (Lipinski definition) is 8. The monoisotopic (exact) mass is 712 g/mol. The Balaban J connectivity index is 0.00000867. The van der Waals surface area contributed by atoms with E-state index in [-0.39, 0.29) is 24.7 Å². The van der Waals surface area contributed by atoms with Crippen molar-refractivity contribution in [3.05, 3.63) is 77.6 Å². The number of hydrogen-bond donors (Lipinski definition) is 5. The summed E-state index contributed by atoms with van der Waals surface area (Å²) in [6, 6.07) is 14.0. The molecule has 6 N–H and O–H groups in total. The van der Waals surface area contributed by atoms with Crippen molar-refractivity contribution in [2.45, 2.75) is 84.5 Å². The zero-order chi connectivity index (χ0) is 36.4. The summed E-state index contributed by atoms with van der Waals surface area (Å²) in [6.45, 7) is 10.9. The molecule has 50 heavy (non-hydrogen) atoms. The second-order valence-corrected chi connectivity index (χ2v) is 13.7. The molecule has 2 aromatic carbocycles. The lowest BCUT2D eigenvalue weighted by Crippen LogP contribution is -2.44. The predicted molar refractivity (Wildman–Crippen MR) is 195 cm³/mol. The average molecular weight is 713 g/mol. The Hall–Kier alpha value is -5.04. The molecule has 0 radical (unpaired) electrons. The molecule has 272 valence electrons. The van der Waals surface area contributed by atoms with Crippen molar-refractivity contribution < 1.29 is 33.4 Å². The first-order valence-electron chi connectivity index (χ1n) is 16.1. The standard InChI is InChI=1S/C36H48N6O7.ClH/c1-35(2,3)48-33(46)28(13-8-9-18-38-34(47)49-36(4,5)6)41-30(43)20-23-11-10-12-26(19-23)39-32(45)29-21-27(22-42(29)7)40-31(44)24-14-16-25(37)17-15-24;/h10-12,14-17,19,21-22,28H,8-9,13,18,20,37H2,1-7H3,(H,38,47)(H,39,45)(H,40,44)(H,41,43);1H. The van der Waals surface area contributed by atoms with Gasteiger partial charge < -0.3 is 41.0 Å². The summed E-state index contributed by atoms with van der Waals surface area (Å²) in [5.41, 5.74) is 7.14. The van der Waals surface area contributed by atoms with Gasteiger partial charge in [0.15, 0.2) is 0 Å². The number of nitrogens with two attached hydrogens (primary N) is 1. The number of nitrogen functional groups attached to an aromatic ring is 1. The second-order valence-electron chi connectivity index (χ2n) is 13.7. The van der Waals surface area contributed by atoms with Gasteiger partial charge in [0, 0.05) is 36.7 Å². The molecule has 0 spiro atoms. The van der Waals surface area contributed by atoms with Gasteiger partial charge in [-0.2, -0.15) is 0 Å². The molecule has 4 amide bonds. The van der Waals surface area contributed by atoms with Gasteiger partial charge >= 0.3 is 12.1 Å². The van der Waals surface area contributed by atoms with Gasteiger partial charge in [0.2, 0.25) is 5.91 Å². The van der Waals surface area contributed by atoms with Crippen LogP contribution in [0.3, 0.4) is 0 Å². The van der Waals surface area contributed by atoms with Gasteiger partial charge in [-0.25, -0.2) is 9.59 Å². The zero-order valence-electron chi connectivity index (χ0n) is 29.7. The van der Waals surface area contributed by atoms with Crippen LogP contribution in [-0.4, -0.2) is 58.1 Å². The first-order valence-corrected chi connectivity index (χ1v) is 16.1. The molecule has 0 fully saturated rings. The van der Waals surface area contributed by atoms with E-state index < -0.39 is 41.1 Å².